The van der Waals surface area contributed by atoms with E-state index in [2.05, 4.69) is 29.9 Å². The summed E-state index contributed by atoms with van der Waals surface area (Å²) in [5, 5.41) is 0. The first-order valence-electron chi connectivity index (χ1n) is 8.95. The zero-order chi connectivity index (χ0) is 17.0. The molecule has 3 rings (SSSR count). The highest BCUT2D eigenvalue weighted by Crippen LogP contribution is 2.42. The molecule has 24 heavy (non-hydrogen) atoms. The Morgan fingerprint density at radius 3 is 2.46 bits per heavy atom. The van der Waals surface area contributed by atoms with Gasteiger partial charge in [0.15, 0.2) is 0 Å². The molecule has 0 aliphatic heterocycles. The third-order valence-corrected chi connectivity index (χ3v) is 5.55. The summed E-state index contributed by atoms with van der Waals surface area (Å²) in [5.41, 5.74) is 2.60. The van der Waals surface area contributed by atoms with Crippen LogP contribution in [0.4, 0.5) is 4.39 Å². The van der Waals surface area contributed by atoms with E-state index in [0.29, 0.717) is 6.04 Å². The highest BCUT2D eigenvalue weighted by atomic mass is 19.1. The number of pyridine rings is 1. The van der Waals surface area contributed by atoms with E-state index in [4.69, 9.17) is 0 Å². The molecule has 2 aromatic rings. The lowest BCUT2D eigenvalue weighted by atomic mass is 9.78. The Bertz CT molecular complexity index is 633. The lowest BCUT2D eigenvalue weighted by Crippen LogP contribution is -2.42. The Morgan fingerprint density at radius 2 is 1.83 bits per heavy atom. The predicted molar refractivity (Wildman–Crippen MR) is 96.6 cm³/mol. The minimum absolute atomic E-state index is 0.149. The van der Waals surface area contributed by atoms with Crippen molar-refractivity contribution >= 4 is 0 Å². The van der Waals surface area contributed by atoms with Gasteiger partial charge in [-0.2, -0.15) is 0 Å². The van der Waals surface area contributed by atoms with Gasteiger partial charge in [0.1, 0.15) is 5.82 Å². The van der Waals surface area contributed by atoms with Crippen LogP contribution in [-0.2, 0) is 11.8 Å². The molecule has 1 aliphatic carbocycles. The number of hydrogen-bond donors (Lipinski definition) is 0. The molecule has 1 heterocycles. The quantitative estimate of drug-likeness (QED) is 0.771. The second-order valence-electron chi connectivity index (χ2n) is 7.28. The van der Waals surface area contributed by atoms with Crippen molar-refractivity contribution in [3.8, 4) is 0 Å². The summed E-state index contributed by atoms with van der Waals surface area (Å²) >= 11 is 0. The lowest BCUT2D eigenvalue weighted by molar-refractivity contribution is 0.193. The molecular weight excluding hydrogens is 299 g/mol. The van der Waals surface area contributed by atoms with Crippen LogP contribution in [0.5, 0.6) is 0 Å². The Hall–Kier alpha value is -1.74. The molecular formula is C21H27FN2. The fourth-order valence-electron chi connectivity index (χ4n) is 4.00. The van der Waals surface area contributed by atoms with Crippen LogP contribution < -0.4 is 0 Å². The highest BCUT2D eigenvalue weighted by molar-refractivity contribution is 5.28. The minimum Gasteiger partial charge on any atom is -0.302 e. The lowest BCUT2D eigenvalue weighted by Gasteiger charge is -2.37. The van der Waals surface area contributed by atoms with Crippen molar-refractivity contribution in [1.82, 2.24) is 9.88 Å². The average Bonchev–Trinajstić information content (AvgIpc) is 3.06. The van der Waals surface area contributed by atoms with Gasteiger partial charge >= 0.3 is 0 Å². The monoisotopic (exact) mass is 326 g/mol. The van der Waals surface area contributed by atoms with Crippen LogP contribution in [0.3, 0.4) is 0 Å². The van der Waals surface area contributed by atoms with Gasteiger partial charge in [-0.3, -0.25) is 4.98 Å². The summed E-state index contributed by atoms with van der Waals surface area (Å²) in [4.78, 5) is 6.90. The van der Waals surface area contributed by atoms with E-state index in [9.17, 15) is 4.39 Å². The van der Waals surface area contributed by atoms with Crippen molar-refractivity contribution in [2.24, 2.45) is 0 Å². The Morgan fingerprint density at radius 1 is 1.12 bits per heavy atom. The van der Waals surface area contributed by atoms with Gasteiger partial charge in [0.25, 0.3) is 0 Å². The molecule has 0 bridgehead atoms. The number of hydrogen-bond acceptors (Lipinski definition) is 2. The van der Waals surface area contributed by atoms with Crippen LogP contribution in [0.25, 0.3) is 0 Å². The summed E-state index contributed by atoms with van der Waals surface area (Å²) < 4.78 is 13.3. The summed E-state index contributed by atoms with van der Waals surface area (Å²) in [7, 11) is 2.21. The fourth-order valence-corrected chi connectivity index (χ4v) is 4.00. The normalized spacial score (nSPS) is 18.0. The predicted octanol–water partition coefficient (Wildman–Crippen LogP) is 4.60. The van der Waals surface area contributed by atoms with E-state index in [1.165, 1.54) is 31.2 Å². The topological polar surface area (TPSA) is 16.1 Å². The molecule has 0 spiro atoms. The average molecular weight is 326 g/mol. The molecule has 1 saturated carbocycles. The molecule has 0 amide bonds. The molecule has 1 unspecified atom stereocenters. The summed E-state index contributed by atoms with van der Waals surface area (Å²) in [6, 6.07) is 13.7. The van der Waals surface area contributed by atoms with Crippen molar-refractivity contribution in [2.45, 2.75) is 50.5 Å². The van der Waals surface area contributed by atoms with Gasteiger partial charge in [0.05, 0.1) is 0 Å². The molecule has 1 aromatic heterocycles. The van der Waals surface area contributed by atoms with Gasteiger partial charge in [-0.15, -0.1) is 0 Å². The minimum atomic E-state index is -0.149. The molecule has 3 heteroatoms. The summed E-state index contributed by atoms with van der Waals surface area (Å²) in [6.45, 7) is 3.29. The van der Waals surface area contributed by atoms with Gasteiger partial charge in [-0.05, 0) is 56.6 Å². The number of benzene rings is 1. The number of halogens is 1. The summed E-state index contributed by atoms with van der Waals surface area (Å²) in [5.74, 6) is -0.149. The molecule has 2 nitrogen and oxygen atoms in total. The number of nitrogens with zero attached hydrogens (tertiary/aromatic N) is 2. The van der Waals surface area contributed by atoms with E-state index in [1.54, 1.807) is 12.1 Å². The maximum atomic E-state index is 13.3. The molecule has 1 fully saturated rings. The van der Waals surface area contributed by atoms with Gasteiger partial charge in [-0.25, -0.2) is 4.39 Å². The maximum Gasteiger partial charge on any atom is 0.123 e. The fraction of sp³-hybridized carbons (Fsp3) is 0.476. The first-order valence-corrected chi connectivity index (χ1v) is 8.95. The van der Waals surface area contributed by atoms with Crippen molar-refractivity contribution < 1.29 is 4.39 Å². The molecule has 1 aliphatic rings. The molecule has 0 radical (unpaired) electrons. The van der Waals surface area contributed by atoms with Crippen molar-refractivity contribution in [1.29, 1.82) is 0 Å². The molecule has 0 saturated heterocycles. The number of rotatable bonds is 6. The van der Waals surface area contributed by atoms with Crippen molar-refractivity contribution in [2.75, 3.05) is 13.6 Å². The molecule has 0 N–H and O–H groups in total. The zero-order valence-electron chi connectivity index (χ0n) is 14.7. The maximum absolute atomic E-state index is 13.3. The van der Waals surface area contributed by atoms with Crippen LogP contribution in [0.2, 0.25) is 0 Å². The van der Waals surface area contributed by atoms with E-state index < -0.39 is 0 Å². The van der Waals surface area contributed by atoms with Crippen LogP contribution in [0.1, 0.15) is 43.9 Å². The van der Waals surface area contributed by atoms with Crippen LogP contribution in [-0.4, -0.2) is 29.5 Å². The van der Waals surface area contributed by atoms with Gasteiger partial charge in [-0.1, -0.05) is 31.0 Å². The Kier molecular flexibility index (Phi) is 5.30. The van der Waals surface area contributed by atoms with Crippen LogP contribution >= 0.6 is 0 Å². The number of aromatic nitrogens is 1. The van der Waals surface area contributed by atoms with Crippen molar-refractivity contribution in [3.63, 3.8) is 0 Å². The van der Waals surface area contributed by atoms with Crippen molar-refractivity contribution in [3.05, 3.63) is 65.7 Å². The van der Waals surface area contributed by atoms with E-state index in [-0.39, 0.29) is 11.2 Å². The Labute approximate surface area is 144 Å². The van der Waals surface area contributed by atoms with Gasteiger partial charge in [0, 0.05) is 36.3 Å². The molecule has 1 atom stereocenters. The smallest absolute Gasteiger partial charge is 0.123 e. The zero-order valence-corrected chi connectivity index (χ0v) is 14.7. The third-order valence-electron chi connectivity index (χ3n) is 5.55. The van der Waals surface area contributed by atoms with Gasteiger partial charge in [0.2, 0.25) is 0 Å². The second-order valence-corrected chi connectivity index (χ2v) is 7.28. The summed E-state index contributed by atoms with van der Waals surface area (Å²) in [6.07, 6.45) is 7.73. The first kappa shape index (κ1) is 17.1. The van der Waals surface area contributed by atoms with Crippen LogP contribution in [0, 0.1) is 5.82 Å². The van der Waals surface area contributed by atoms with E-state index >= 15 is 0 Å². The SMILES string of the molecule is CC(Cc1ccccn1)N(C)CC1(c2ccc(F)cc2)CCCC1. The largest absolute Gasteiger partial charge is 0.302 e. The first-order chi connectivity index (χ1) is 11.6. The standard InChI is InChI=1S/C21H27FN2/c1-17(15-20-7-3-6-14-23-20)24(2)16-21(12-4-5-13-21)18-8-10-19(22)11-9-18/h3,6-11,14,17H,4-5,12-13,15-16H2,1-2H3. The molecule has 1 aromatic carbocycles. The number of likely N-dealkylation sites (N-methyl/N-ethyl adjacent to an activating group) is 1. The highest BCUT2D eigenvalue weighted by Gasteiger charge is 2.37. The van der Waals surface area contributed by atoms with E-state index in [0.717, 1.165) is 18.7 Å². The Balaban J connectivity index is 1.72. The van der Waals surface area contributed by atoms with Gasteiger partial charge < -0.3 is 4.90 Å². The van der Waals surface area contributed by atoms with E-state index in [1.807, 2.05) is 30.5 Å². The third kappa shape index (κ3) is 3.84. The van der Waals surface area contributed by atoms with Crippen LogP contribution in [0.15, 0.2) is 48.7 Å². The second kappa shape index (κ2) is 7.43. The molecule has 128 valence electrons.